The predicted molar refractivity (Wildman–Crippen MR) is 103 cm³/mol. The van der Waals surface area contributed by atoms with Gasteiger partial charge in [-0.2, -0.15) is 5.10 Å². The summed E-state index contributed by atoms with van der Waals surface area (Å²) in [5, 5.41) is 8.62. The van der Waals surface area contributed by atoms with Crippen LogP contribution in [0.15, 0.2) is 72.1 Å². The van der Waals surface area contributed by atoms with Gasteiger partial charge in [0, 0.05) is 23.6 Å². The first-order valence-electron chi connectivity index (χ1n) is 8.41. The second-order valence-corrected chi connectivity index (χ2v) is 6.26. The molecule has 0 aliphatic carbocycles. The van der Waals surface area contributed by atoms with Crippen molar-refractivity contribution in [2.24, 2.45) is 5.10 Å². The summed E-state index contributed by atoms with van der Waals surface area (Å²) in [6.07, 6.45) is 5.05. The molecule has 0 unspecified atom stereocenters. The van der Waals surface area contributed by atoms with Crippen molar-refractivity contribution in [3.05, 3.63) is 83.7 Å². The molecule has 1 aliphatic heterocycles. The fourth-order valence-electron chi connectivity index (χ4n) is 2.87. The van der Waals surface area contributed by atoms with Crippen LogP contribution < -0.4 is 5.32 Å². The molecule has 0 fully saturated rings. The Kier molecular flexibility index (Phi) is 4.19. The maximum atomic E-state index is 12.3. The zero-order valence-electron chi connectivity index (χ0n) is 14.4. The number of hydrogen-bond acceptors (Lipinski definition) is 3. The number of pyridine rings is 1. The first-order chi connectivity index (χ1) is 12.7. The fourth-order valence-corrected chi connectivity index (χ4v) is 2.87. The van der Waals surface area contributed by atoms with Gasteiger partial charge in [-0.25, -0.2) is 9.80 Å². The smallest absolute Gasteiger partial charge is 0.306 e. The van der Waals surface area contributed by atoms with Crippen molar-refractivity contribution in [2.45, 2.75) is 13.5 Å². The lowest BCUT2D eigenvalue weighted by Gasteiger charge is -2.25. The molecule has 0 atom stereocenters. The van der Waals surface area contributed by atoms with Crippen LogP contribution in [0.25, 0.3) is 11.1 Å². The number of anilines is 1. The lowest BCUT2D eigenvalue weighted by atomic mass is 10.00. The summed E-state index contributed by atoms with van der Waals surface area (Å²) in [6, 6.07) is 18.0. The van der Waals surface area contributed by atoms with Gasteiger partial charge >= 0.3 is 6.03 Å². The molecule has 4 rings (SSSR count). The van der Waals surface area contributed by atoms with Crippen LogP contribution in [0.3, 0.4) is 0 Å². The molecule has 0 saturated carbocycles. The van der Waals surface area contributed by atoms with Crippen molar-refractivity contribution in [3.63, 3.8) is 0 Å². The lowest BCUT2D eigenvalue weighted by molar-refractivity contribution is 0.209. The van der Waals surface area contributed by atoms with E-state index >= 15 is 0 Å². The Morgan fingerprint density at radius 3 is 2.69 bits per heavy atom. The van der Waals surface area contributed by atoms with Crippen molar-refractivity contribution in [2.75, 3.05) is 5.32 Å². The van der Waals surface area contributed by atoms with Gasteiger partial charge in [0.15, 0.2) is 0 Å². The number of amides is 2. The number of aryl methyl sites for hydroxylation is 1. The summed E-state index contributed by atoms with van der Waals surface area (Å²) in [4.78, 5) is 16.3. The van der Waals surface area contributed by atoms with Gasteiger partial charge in [-0.05, 0) is 41.8 Å². The number of hydrogen-bond donors (Lipinski definition) is 1. The molecule has 2 aromatic carbocycles. The second kappa shape index (κ2) is 6.80. The Balaban J connectivity index is 1.59. The highest BCUT2D eigenvalue weighted by atomic mass is 16.2. The van der Waals surface area contributed by atoms with Crippen LogP contribution in [-0.4, -0.2) is 22.2 Å². The highest BCUT2D eigenvalue weighted by Crippen LogP contribution is 2.29. The van der Waals surface area contributed by atoms with Crippen LogP contribution in [-0.2, 0) is 6.54 Å². The van der Waals surface area contributed by atoms with Gasteiger partial charge in [-0.15, -0.1) is 0 Å². The Bertz CT molecular complexity index is 965. The molecule has 1 aliphatic rings. The van der Waals surface area contributed by atoms with Gasteiger partial charge in [0.25, 0.3) is 0 Å². The maximum Gasteiger partial charge on any atom is 0.342 e. The van der Waals surface area contributed by atoms with E-state index in [1.807, 2.05) is 24.3 Å². The van der Waals surface area contributed by atoms with Crippen LogP contribution in [0.5, 0.6) is 0 Å². The standard InChI is InChI=1S/C21H18N4O/c1-15-4-6-17(7-5-15)18-8-9-20-19(11-18)14-25(21(26)24-20)23-13-16-3-2-10-22-12-16/h2-13H,14H2,1H3,(H,24,26)/b23-13+. The van der Waals surface area contributed by atoms with Gasteiger partial charge in [-0.3, -0.25) is 4.98 Å². The zero-order chi connectivity index (χ0) is 17.9. The molecule has 5 nitrogen and oxygen atoms in total. The van der Waals surface area contributed by atoms with Gasteiger partial charge in [-0.1, -0.05) is 42.0 Å². The Morgan fingerprint density at radius 1 is 1.12 bits per heavy atom. The maximum absolute atomic E-state index is 12.3. The minimum Gasteiger partial charge on any atom is -0.306 e. The average Bonchev–Trinajstić information content (AvgIpc) is 2.67. The summed E-state index contributed by atoms with van der Waals surface area (Å²) in [7, 11) is 0. The number of urea groups is 1. The third-order valence-electron chi connectivity index (χ3n) is 4.32. The third-order valence-corrected chi connectivity index (χ3v) is 4.32. The van der Waals surface area contributed by atoms with Gasteiger partial charge in [0.2, 0.25) is 0 Å². The zero-order valence-corrected chi connectivity index (χ0v) is 14.4. The molecule has 128 valence electrons. The van der Waals surface area contributed by atoms with Gasteiger partial charge in [0.1, 0.15) is 0 Å². The van der Waals surface area contributed by atoms with Gasteiger partial charge < -0.3 is 5.32 Å². The molecule has 1 N–H and O–H groups in total. The number of aromatic nitrogens is 1. The van der Waals surface area contributed by atoms with E-state index in [1.54, 1.807) is 18.6 Å². The predicted octanol–water partition coefficient (Wildman–Crippen LogP) is 4.44. The quantitative estimate of drug-likeness (QED) is 0.716. The number of fused-ring (bicyclic) bond motifs is 1. The summed E-state index contributed by atoms with van der Waals surface area (Å²) < 4.78 is 0. The van der Waals surface area contributed by atoms with E-state index in [0.29, 0.717) is 6.54 Å². The third kappa shape index (κ3) is 3.32. The van der Waals surface area contributed by atoms with E-state index in [4.69, 9.17) is 0 Å². The second-order valence-electron chi connectivity index (χ2n) is 6.26. The number of rotatable bonds is 3. The number of carbonyl (C=O) groups excluding carboxylic acids is 1. The Labute approximate surface area is 152 Å². The Hall–Kier alpha value is -3.47. The van der Waals surface area contributed by atoms with Crippen LogP contribution in [0.2, 0.25) is 0 Å². The molecule has 0 bridgehead atoms. The molecule has 5 heteroatoms. The molecular formula is C21H18N4O. The van der Waals surface area contributed by atoms with Crippen molar-refractivity contribution >= 4 is 17.9 Å². The number of nitrogens with zero attached hydrogens (tertiary/aromatic N) is 3. The molecule has 1 aromatic heterocycles. The SMILES string of the molecule is Cc1ccc(-c2ccc3c(c2)CN(/N=C/c2cccnc2)C(=O)N3)cc1. The van der Waals surface area contributed by atoms with Crippen LogP contribution in [0, 0.1) is 6.92 Å². The molecule has 0 spiro atoms. The minimum absolute atomic E-state index is 0.235. The first-order valence-corrected chi connectivity index (χ1v) is 8.41. The van der Waals surface area contributed by atoms with E-state index in [1.165, 1.54) is 10.6 Å². The number of nitrogens with one attached hydrogen (secondary N) is 1. The summed E-state index contributed by atoms with van der Waals surface area (Å²) >= 11 is 0. The highest BCUT2D eigenvalue weighted by Gasteiger charge is 2.22. The Morgan fingerprint density at radius 2 is 1.92 bits per heavy atom. The molecule has 2 heterocycles. The molecule has 0 radical (unpaired) electrons. The van der Waals surface area contributed by atoms with Crippen molar-refractivity contribution in [3.8, 4) is 11.1 Å². The molecule has 3 aromatic rings. The summed E-state index contributed by atoms with van der Waals surface area (Å²) in [5.74, 6) is 0. The van der Waals surface area contributed by atoms with Crippen LogP contribution in [0.1, 0.15) is 16.7 Å². The lowest BCUT2D eigenvalue weighted by Crippen LogP contribution is -2.35. The topological polar surface area (TPSA) is 57.6 Å². The highest BCUT2D eigenvalue weighted by molar-refractivity contribution is 5.93. The van der Waals surface area contributed by atoms with E-state index in [0.717, 1.165) is 27.9 Å². The van der Waals surface area contributed by atoms with Crippen LogP contribution >= 0.6 is 0 Å². The average molecular weight is 342 g/mol. The molecule has 0 saturated heterocycles. The van der Waals surface area contributed by atoms with Crippen LogP contribution in [0.4, 0.5) is 10.5 Å². The van der Waals surface area contributed by atoms with Crippen molar-refractivity contribution in [1.82, 2.24) is 9.99 Å². The van der Waals surface area contributed by atoms with E-state index in [9.17, 15) is 4.79 Å². The minimum atomic E-state index is -0.235. The largest absolute Gasteiger partial charge is 0.342 e. The number of hydrazone groups is 1. The number of benzene rings is 2. The molecule has 26 heavy (non-hydrogen) atoms. The normalized spacial score (nSPS) is 13.6. The summed E-state index contributed by atoms with van der Waals surface area (Å²) in [5.41, 5.74) is 6.22. The van der Waals surface area contributed by atoms with Crippen molar-refractivity contribution in [1.29, 1.82) is 0 Å². The summed E-state index contributed by atoms with van der Waals surface area (Å²) in [6.45, 7) is 2.50. The van der Waals surface area contributed by atoms with E-state index < -0.39 is 0 Å². The van der Waals surface area contributed by atoms with Gasteiger partial charge in [0.05, 0.1) is 12.8 Å². The van der Waals surface area contributed by atoms with E-state index in [2.05, 4.69) is 52.7 Å². The van der Waals surface area contributed by atoms with E-state index in [-0.39, 0.29) is 6.03 Å². The first kappa shape index (κ1) is 16.0. The fraction of sp³-hybridized carbons (Fsp3) is 0.0952. The molecule has 2 amide bonds. The molecular weight excluding hydrogens is 324 g/mol. The number of carbonyl (C=O) groups is 1. The monoisotopic (exact) mass is 342 g/mol. The van der Waals surface area contributed by atoms with Crippen molar-refractivity contribution < 1.29 is 4.79 Å².